The average Bonchev–Trinajstić information content (AvgIpc) is 2.70. The highest BCUT2D eigenvalue weighted by atomic mass is 35.5. The Morgan fingerprint density at radius 1 is 0.897 bits per heavy atom. The van der Waals surface area contributed by atoms with E-state index in [0.717, 1.165) is 12.0 Å². The van der Waals surface area contributed by atoms with Gasteiger partial charge in [-0.15, -0.1) is 0 Å². The highest BCUT2D eigenvalue weighted by molar-refractivity contribution is 7.92. The number of halogens is 2. The van der Waals surface area contributed by atoms with E-state index < -0.39 is 15.9 Å². The molecule has 0 unspecified atom stereocenters. The summed E-state index contributed by atoms with van der Waals surface area (Å²) in [5.74, 6) is -0.438. The molecule has 0 bridgehead atoms. The molecule has 0 radical (unpaired) electrons. The Morgan fingerprint density at radius 2 is 1.52 bits per heavy atom. The Kier molecular flexibility index (Phi) is 6.47. The van der Waals surface area contributed by atoms with Crippen molar-refractivity contribution in [2.24, 2.45) is 0 Å². The number of amides is 1. The molecule has 0 aromatic heterocycles. The van der Waals surface area contributed by atoms with E-state index in [0.29, 0.717) is 10.7 Å². The Labute approximate surface area is 179 Å². The predicted molar refractivity (Wildman–Crippen MR) is 117 cm³/mol. The van der Waals surface area contributed by atoms with Gasteiger partial charge < -0.3 is 5.32 Å². The lowest BCUT2D eigenvalue weighted by atomic mass is 10.1. The fourth-order valence-electron chi connectivity index (χ4n) is 2.61. The summed E-state index contributed by atoms with van der Waals surface area (Å²) in [5, 5.41) is 3.41. The number of hydrogen-bond donors (Lipinski definition) is 2. The monoisotopic (exact) mass is 448 g/mol. The maximum atomic E-state index is 12.6. The molecule has 0 aliphatic rings. The molecule has 0 saturated heterocycles. The molecule has 3 aromatic rings. The summed E-state index contributed by atoms with van der Waals surface area (Å²) in [6.45, 7) is 2.05. The lowest BCUT2D eigenvalue weighted by molar-refractivity contribution is 0.102. The van der Waals surface area contributed by atoms with E-state index in [-0.39, 0.29) is 21.2 Å². The van der Waals surface area contributed by atoms with Crippen molar-refractivity contribution in [2.45, 2.75) is 18.2 Å². The van der Waals surface area contributed by atoms with Crippen molar-refractivity contribution in [1.29, 1.82) is 0 Å². The van der Waals surface area contributed by atoms with Gasteiger partial charge in [-0.05, 0) is 66.6 Å². The summed E-state index contributed by atoms with van der Waals surface area (Å²) in [6, 6.07) is 17.6. The van der Waals surface area contributed by atoms with Gasteiger partial charge in [-0.2, -0.15) is 0 Å². The van der Waals surface area contributed by atoms with Crippen molar-refractivity contribution in [1.82, 2.24) is 0 Å². The second-order valence-corrected chi connectivity index (χ2v) is 8.78. The summed E-state index contributed by atoms with van der Waals surface area (Å²) in [6.07, 6.45) is 0.899. The van der Waals surface area contributed by atoms with Crippen LogP contribution in [0.4, 0.5) is 11.4 Å². The number of hydrogen-bond acceptors (Lipinski definition) is 3. The number of nitrogens with one attached hydrogen (secondary N) is 2. The second-order valence-electron chi connectivity index (χ2n) is 6.26. The average molecular weight is 449 g/mol. The molecule has 0 saturated carbocycles. The van der Waals surface area contributed by atoms with Gasteiger partial charge in [0, 0.05) is 16.4 Å². The molecule has 150 valence electrons. The molecule has 8 heteroatoms. The van der Waals surface area contributed by atoms with Gasteiger partial charge in [0.05, 0.1) is 15.5 Å². The lowest BCUT2D eigenvalue weighted by Crippen LogP contribution is -2.15. The van der Waals surface area contributed by atoms with Gasteiger partial charge in [-0.3, -0.25) is 9.52 Å². The number of benzene rings is 3. The molecular weight excluding hydrogens is 431 g/mol. The smallest absolute Gasteiger partial charge is 0.261 e. The van der Waals surface area contributed by atoms with Crippen LogP contribution in [-0.4, -0.2) is 14.3 Å². The van der Waals surface area contributed by atoms with Crippen molar-refractivity contribution < 1.29 is 13.2 Å². The van der Waals surface area contributed by atoms with Crippen molar-refractivity contribution >= 4 is 50.5 Å². The largest absolute Gasteiger partial charge is 0.322 e. The number of carbonyl (C=O) groups excluding carboxylic acids is 1. The van der Waals surface area contributed by atoms with Crippen LogP contribution >= 0.6 is 23.2 Å². The van der Waals surface area contributed by atoms with Crippen LogP contribution in [0, 0.1) is 0 Å². The molecule has 5 nitrogen and oxygen atoms in total. The fraction of sp³-hybridized carbons (Fsp3) is 0.0952. The fourth-order valence-corrected chi connectivity index (χ4v) is 3.99. The molecule has 0 spiro atoms. The SMILES string of the molecule is CCc1ccc(NC(=O)c2cc(NS(=O)(=O)c3ccc(Cl)cc3)ccc2Cl)cc1. The number of aryl methyl sites for hydroxylation is 1. The predicted octanol–water partition coefficient (Wildman–Crippen LogP) is 5.61. The van der Waals surface area contributed by atoms with Crippen molar-refractivity contribution in [3.8, 4) is 0 Å². The minimum atomic E-state index is -3.84. The van der Waals surface area contributed by atoms with Gasteiger partial charge in [0.25, 0.3) is 15.9 Å². The van der Waals surface area contributed by atoms with Crippen LogP contribution < -0.4 is 10.0 Å². The molecule has 3 aromatic carbocycles. The number of carbonyl (C=O) groups is 1. The summed E-state index contributed by atoms with van der Waals surface area (Å²) < 4.78 is 27.5. The highest BCUT2D eigenvalue weighted by Crippen LogP contribution is 2.24. The third kappa shape index (κ3) is 5.29. The standard InChI is InChI=1S/C21H18Cl2N2O3S/c1-2-14-3-7-16(8-4-14)24-21(26)19-13-17(9-12-20(19)23)25-29(27,28)18-10-5-15(22)6-11-18/h3-13,25H,2H2,1H3,(H,24,26). The molecule has 1 amide bonds. The Bertz CT molecular complexity index is 1130. The summed E-state index contributed by atoms with van der Waals surface area (Å²) in [5.41, 5.74) is 2.15. The highest BCUT2D eigenvalue weighted by Gasteiger charge is 2.17. The first-order valence-electron chi connectivity index (χ1n) is 8.77. The summed E-state index contributed by atoms with van der Waals surface area (Å²) >= 11 is 12.0. The van der Waals surface area contributed by atoms with Crippen molar-refractivity contribution in [3.05, 3.63) is 87.9 Å². The molecule has 29 heavy (non-hydrogen) atoms. The molecule has 0 aliphatic heterocycles. The maximum absolute atomic E-state index is 12.6. The van der Waals surface area contributed by atoms with E-state index in [1.54, 1.807) is 12.1 Å². The first-order valence-corrected chi connectivity index (χ1v) is 11.0. The molecule has 0 fully saturated rings. The minimum absolute atomic E-state index is 0.0545. The quantitative estimate of drug-likeness (QED) is 0.514. The Balaban J connectivity index is 1.81. The van der Waals surface area contributed by atoms with Crippen LogP contribution in [0.1, 0.15) is 22.8 Å². The minimum Gasteiger partial charge on any atom is -0.322 e. The van der Waals surface area contributed by atoms with E-state index in [9.17, 15) is 13.2 Å². The summed E-state index contributed by atoms with van der Waals surface area (Å²) in [4.78, 5) is 12.7. The number of anilines is 2. The second kappa shape index (κ2) is 8.86. The van der Waals surface area contributed by atoms with E-state index in [1.165, 1.54) is 42.5 Å². The van der Waals surface area contributed by atoms with Crippen LogP contribution in [0.3, 0.4) is 0 Å². The van der Waals surface area contributed by atoms with E-state index in [4.69, 9.17) is 23.2 Å². The van der Waals surface area contributed by atoms with Crippen LogP contribution in [0.5, 0.6) is 0 Å². The van der Waals surface area contributed by atoms with Crippen LogP contribution in [0.15, 0.2) is 71.6 Å². The third-order valence-electron chi connectivity index (χ3n) is 4.21. The van der Waals surface area contributed by atoms with Crippen LogP contribution in [-0.2, 0) is 16.4 Å². The zero-order valence-electron chi connectivity index (χ0n) is 15.4. The first-order chi connectivity index (χ1) is 13.8. The van der Waals surface area contributed by atoms with E-state index >= 15 is 0 Å². The number of rotatable bonds is 6. The number of sulfonamides is 1. The topological polar surface area (TPSA) is 75.3 Å². The maximum Gasteiger partial charge on any atom is 0.261 e. The first kappa shape index (κ1) is 21.2. The van der Waals surface area contributed by atoms with E-state index in [2.05, 4.69) is 10.0 Å². The third-order valence-corrected chi connectivity index (χ3v) is 6.19. The molecule has 2 N–H and O–H groups in total. The zero-order valence-corrected chi connectivity index (χ0v) is 17.8. The molecule has 0 atom stereocenters. The van der Waals surface area contributed by atoms with Crippen LogP contribution in [0.2, 0.25) is 10.0 Å². The van der Waals surface area contributed by atoms with Crippen molar-refractivity contribution in [2.75, 3.05) is 10.0 Å². The zero-order chi connectivity index (χ0) is 21.0. The molecule has 0 aliphatic carbocycles. The van der Waals surface area contributed by atoms with Gasteiger partial charge in [0.15, 0.2) is 0 Å². The van der Waals surface area contributed by atoms with Gasteiger partial charge in [-0.25, -0.2) is 8.42 Å². The lowest BCUT2D eigenvalue weighted by Gasteiger charge is -2.12. The van der Waals surface area contributed by atoms with Gasteiger partial charge in [0.1, 0.15) is 0 Å². The van der Waals surface area contributed by atoms with Crippen molar-refractivity contribution in [3.63, 3.8) is 0 Å². The molecular formula is C21H18Cl2N2O3S. The Hall–Kier alpha value is -2.54. The van der Waals surface area contributed by atoms with Gasteiger partial charge in [0.2, 0.25) is 0 Å². The van der Waals surface area contributed by atoms with E-state index in [1.807, 2.05) is 19.1 Å². The normalized spacial score (nSPS) is 11.1. The molecule has 0 heterocycles. The summed E-state index contributed by atoms with van der Waals surface area (Å²) in [7, 11) is -3.84. The van der Waals surface area contributed by atoms with Crippen LogP contribution in [0.25, 0.3) is 0 Å². The molecule has 3 rings (SSSR count). The Morgan fingerprint density at radius 3 is 2.14 bits per heavy atom. The van der Waals surface area contributed by atoms with Gasteiger partial charge in [-0.1, -0.05) is 42.3 Å². The van der Waals surface area contributed by atoms with Gasteiger partial charge >= 0.3 is 0 Å².